The van der Waals surface area contributed by atoms with Gasteiger partial charge in [-0.2, -0.15) is 0 Å². The van der Waals surface area contributed by atoms with Crippen molar-refractivity contribution in [1.29, 1.82) is 0 Å². The Morgan fingerprint density at radius 2 is 2.08 bits per heavy atom. The molecule has 5 heterocycles. The summed E-state index contributed by atoms with van der Waals surface area (Å²) in [4.78, 5) is 43.5. The van der Waals surface area contributed by atoms with E-state index in [1.54, 1.807) is 12.1 Å². The molecule has 3 aromatic heterocycles. The van der Waals surface area contributed by atoms with Crippen LogP contribution in [0.2, 0.25) is 0 Å². The number of hydrogen-bond acceptors (Lipinski definition) is 15. The Labute approximate surface area is 228 Å². The molecule has 4 aromatic rings. The molecule has 3 unspecified atom stereocenters. The number of aliphatic hydroxyl groups is 2. The number of phosphoric ester groups is 1. The normalized spacial score (nSPS) is 26.3. The van der Waals surface area contributed by atoms with Crippen molar-refractivity contribution >= 4 is 58.0 Å². The van der Waals surface area contributed by atoms with E-state index in [1.807, 2.05) is 0 Å². The molecule has 0 radical (unpaired) electrons. The van der Waals surface area contributed by atoms with Gasteiger partial charge < -0.3 is 30.3 Å². The third-order valence-electron chi connectivity index (χ3n) is 6.46. The number of benzene rings is 1. The Morgan fingerprint density at radius 3 is 2.90 bits per heavy atom. The molecule has 6 N–H and O–H groups in total. The summed E-state index contributed by atoms with van der Waals surface area (Å²) in [5.74, 6) is -0.849. The number of fused-ring (bicyclic) bond motifs is 2. The number of nitrogens with two attached hydrogens (primary N) is 1. The fourth-order valence-corrected chi connectivity index (χ4v) is 6.24. The SMILES string of the molecule is Nc1ncnc2c1ncn2[C@@H]1OC(COP(=O)(O)OC(=O)C2CCC(c3nc4ccc(O)cc4s3)=N2)[C@@H](O)[C@H]1O. The minimum atomic E-state index is -4.93. The van der Waals surface area contributed by atoms with Crippen LogP contribution in [-0.4, -0.2) is 87.4 Å². The average molecular weight is 591 g/mol. The Bertz CT molecular complexity index is 1690. The molecule has 1 fully saturated rings. The van der Waals surface area contributed by atoms with E-state index in [0.29, 0.717) is 22.7 Å². The summed E-state index contributed by atoms with van der Waals surface area (Å²) in [6, 6.07) is 3.72. The van der Waals surface area contributed by atoms with Gasteiger partial charge in [0.15, 0.2) is 17.7 Å². The number of phenolic OH excluding ortho intramolecular Hbond substituents is 1. The van der Waals surface area contributed by atoms with Gasteiger partial charge in [0, 0.05) is 0 Å². The Balaban J connectivity index is 1.08. The van der Waals surface area contributed by atoms with Crippen molar-refractivity contribution in [3.63, 3.8) is 0 Å². The second-order valence-corrected chi connectivity index (χ2v) is 11.5. The minimum absolute atomic E-state index is 0.103. The molecule has 2 aliphatic rings. The number of rotatable bonds is 7. The molecule has 0 amide bonds. The van der Waals surface area contributed by atoms with Gasteiger partial charge in [-0.25, -0.2) is 29.3 Å². The van der Waals surface area contributed by atoms with Crippen LogP contribution < -0.4 is 5.73 Å². The number of aromatic hydroxyl groups is 1. The van der Waals surface area contributed by atoms with Crippen LogP contribution in [0.3, 0.4) is 0 Å². The van der Waals surface area contributed by atoms with Crippen LogP contribution in [0.25, 0.3) is 21.4 Å². The second kappa shape index (κ2) is 10.1. The maximum absolute atomic E-state index is 12.6. The molecule has 0 bridgehead atoms. The number of ether oxygens (including phenoxy) is 1. The van der Waals surface area contributed by atoms with Gasteiger partial charge in [-0.15, -0.1) is 11.3 Å². The van der Waals surface area contributed by atoms with Gasteiger partial charge in [-0.05, 0) is 31.0 Å². The first-order valence-corrected chi connectivity index (χ1v) is 14.2. The average Bonchev–Trinajstić information content (AvgIpc) is 3.69. The molecule has 16 nitrogen and oxygen atoms in total. The van der Waals surface area contributed by atoms with Crippen molar-refractivity contribution in [3.05, 3.63) is 35.9 Å². The largest absolute Gasteiger partial charge is 0.529 e. The molecule has 1 saturated heterocycles. The van der Waals surface area contributed by atoms with Crippen LogP contribution in [0.5, 0.6) is 5.75 Å². The van der Waals surface area contributed by atoms with Crippen molar-refractivity contribution in [3.8, 4) is 5.75 Å². The summed E-state index contributed by atoms with van der Waals surface area (Å²) in [5, 5.41) is 31.2. The number of hydrogen-bond donors (Lipinski definition) is 5. The highest BCUT2D eigenvalue weighted by molar-refractivity contribution is 7.48. The highest BCUT2D eigenvalue weighted by Gasteiger charge is 2.46. The zero-order valence-electron chi connectivity index (χ0n) is 20.3. The molecule has 1 aromatic carbocycles. The molecular formula is C22H22N7O9PS. The molecule has 2 aliphatic heterocycles. The monoisotopic (exact) mass is 591 g/mol. The van der Waals surface area contributed by atoms with Gasteiger partial charge in [0.25, 0.3) is 0 Å². The number of imidazole rings is 1. The van der Waals surface area contributed by atoms with Gasteiger partial charge in [0.2, 0.25) is 0 Å². The van der Waals surface area contributed by atoms with Crippen LogP contribution in [0.15, 0.2) is 35.8 Å². The van der Waals surface area contributed by atoms with E-state index in [-0.39, 0.29) is 29.2 Å². The molecule has 0 saturated carbocycles. The molecule has 6 rings (SSSR count). The molecule has 210 valence electrons. The predicted molar refractivity (Wildman–Crippen MR) is 138 cm³/mol. The quantitative estimate of drug-likeness (QED) is 0.186. The van der Waals surface area contributed by atoms with E-state index in [4.69, 9.17) is 19.5 Å². The van der Waals surface area contributed by atoms with E-state index in [0.717, 1.165) is 4.70 Å². The number of aliphatic hydroxyl groups excluding tert-OH is 2. The Morgan fingerprint density at radius 1 is 1.25 bits per heavy atom. The van der Waals surface area contributed by atoms with Crippen molar-refractivity contribution < 1.29 is 43.4 Å². The van der Waals surface area contributed by atoms with Crippen LogP contribution in [-0.2, 0) is 23.1 Å². The fourth-order valence-electron chi connectivity index (χ4n) is 4.48. The fraction of sp³-hybridized carbons (Fsp3) is 0.364. The predicted octanol–water partition coefficient (Wildman–Crippen LogP) is 0.655. The van der Waals surface area contributed by atoms with Crippen LogP contribution in [0.1, 0.15) is 24.1 Å². The Hall–Kier alpha value is -3.57. The smallest absolute Gasteiger partial charge is 0.508 e. The number of nitrogens with zero attached hydrogens (tertiary/aromatic N) is 6. The number of aromatic nitrogens is 5. The zero-order chi connectivity index (χ0) is 28.2. The maximum atomic E-state index is 12.6. The van der Waals surface area contributed by atoms with Crippen LogP contribution in [0.4, 0.5) is 5.82 Å². The van der Waals surface area contributed by atoms with E-state index >= 15 is 0 Å². The highest BCUT2D eigenvalue weighted by atomic mass is 32.1. The van der Waals surface area contributed by atoms with Crippen molar-refractivity contribution in [2.75, 3.05) is 12.3 Å². The summed E-state index contributed by atoms with van der Waals surface area (Å²) in [7, 11) is -4.93. The van der Waals surface area contributed by atoms with Gasteiger partial charge in [-0.3, -0.25) is 19.0 Å². The number of nitrogen functional groups attached to an aromatic ring is 1. The topological polar surface area (TPSA) is 238 Å². The third-order valence-corrected chi connectivity index (χ3v) is 8.42. The first-order chi connectivity index (χ1) is 19.1. The highest BCUT2D eigenvalue weighted by Crippen LogP contribution is 2.45. The van der Waals surface area contributed by atoms with E-state index in [1.165, 1.54) is 34.6 Å². The van der Waals surface area contributed by atoms with Gasteiger partial charge in [0.1, 0.15) is 47.0 Å². The molecular weight excluding hydrogens is 569 g/mol. The van der Waals surface area contributed by atoms with Gasteiger partial charge in [-0.1, -0.05) is 0 Å². The summed E-state index contributed by atoms with van der Waals surface area (Å²) in [5.41, 5.74) is 7.49. The minimum Gasteiger partial charge on any atom is -0.508 e. The lowest BCUT2D eigenvalue weighted by molar-refractivity contribution is -0.137. The van der Waals surface area contributed by atoms with E-state index < -0.39 is 51.0 Å². The molecule has 6 atom stereocenters. The number of phosphoric acid groups is 1. The van der Waals surface area contributed by atoms with E-state index in [2.05, 4.69) is 24.9 Å². The summed E-state index contributed by atoms with van der Waals surface area (Å²) in [6.07, 6.45) is -2.29. The van der Waals surface area contributed by atoms with Gasteiger partial charge in [0.05, 0.1) is 28.9 Å². The maximum Gasteiger partial charge on any atom is 0.529 e. The third kappa shape index (κ3) is 4.92. The van der Waals surface area contributed by atoms with Crippen molar-refractivity contribution in [1.82, 2.24) is 24.5 Å². The number of phenols is 1. The van der Waals surface area contributed by atoms with Crippen LogP contribution >= 0.6 is 19.2 Å². The molecule has 0 aliphatic carbocycles. The van der Waals surface area contributed by atoms with E-state index in [9.17, 15) is 29.6 Å². The Kier molecular flexibility index (Phi) is 6.74. The summed E-state index contributed by atoms with van der Waals surface area (Å²) in [6.45, 7) is -0.683. The number of carbonyl (C=O) groups excluding carboxylic acids is 1. The molecule has 18 heteroatoms. The number of anilines is 1. The van der Waals surface area contributed by atoms with Crippen molar-refractivity contribution in [2.24, 2.45) is 4.99 Å². The first-order valence-electron chi connectivity index (χ1n) is 11.9. The first kappa shape index (κ1) is 26.6. The summed E-state index contributed by atoms with van der Waals surface area (Å²) >= 11 is 1.30. The van der Waals surface area contributed by atoms with Gasteiger partial charge >= 0.3 is 13.8 Å². The lowest BCUT2D eigenvalue weighted by Crippen LogP contribution is -2.33. The number of carbonyl (C=O) groups is 1. The summed E-state index contributed by atoms with van der Waals surface area (Å²) < 4.78 is 29.9. The second-order valence-electron chi connectivity index (χ2n) is 9.11. The van der Waals surface area contributed by atoms with Crippen LogP contribution in [0, 0.1) is 0 Å². The molecule has 0 spiro atoms. The zero-order valence-corrected chi connectivity index (χ0v) is 22.1. The lowest BCUT2D eigenvalue weighted by Gasteiger charge is -2.18. The number of thiazole rings is 1. The van der Waals surface area contributed by atoms with Crippen molar-refractivity contribution in [2.45, 2.75) is 43.4 Å². The standard InChI is InChI=1S/C22H22N7O9PS/c23-18-15-19(25-7-24-18)29(8-26-15)21-17(32)16(31)13(37-21)6-36-39(34,35)38-22(33)12-4-3-11(27-12)20-28-10-2-1-9(30)5-14(10)40-20/h1-2,5,7-8,12-13,16-17,21,30-32H,3-4,6H2,(H,34,35)(H2,23,24,25)/t12?,13?,16-,17-,21-/m1/s1. The molecule has 40 heavy (non-hydrogen) atoms. The lowest BCUT2D eigenvalue weighted by atomic mass is 10.1. The number of aliphatic imine (C=N–C) groups is 1.